The number of carboxylic acids is 1. The van der Waals surface area contributed by atoms with E-state index in [0.29, 0.717) is 11.3 Å². The van der Waals surface area contributed by atoms with Crippen molar-refractivity contribution in [1.82, 2.24) is 4.90 Å². The third kappa shape index (κ3) is 3.68. The van der Waals surface area contributed by atoms with Crippen LogP contribution >= 0.6 is 0 Å². The van der Waals surface area contributed by atoms with Crippen LogP contribution in [0.4, 0.5) is 5.69 Å². The Morgan fingerprint density at radius 3 is 2.08 bits per heavy atom. The molecule has 1 saturated heterocycles. The molecule has 2 amide bonds. The lowest BCUT2D eigenvalue weighted by Crippen LogP contribution is -2.27. The zero-order valence-electron chi connectivity index (χ0n) is 13.6. The molecule has 2 N–H and O–H groups in total. The van der Waals surface area contributed by atoms with E-state index in [1.165, 1.54) is 12.1 Å². The summed E-state index contributed by atoms with van der Waals surface area (Å²) in [5.41, 5.74) is 1.11. The summed E-state index contributed by atoms with van der Waals surface area (Å²) in [7, 11) is 0. The van der Waals surface area contributed by atoms with Crippen molar-refractivity contribution < 1.29 is 19.5 Å². The first-order chi connectivity index (χ1) is 12.1. The van der Waals surface area contributed by atoms with Crippen LogP contribution in [-0.4, -0.2) is 40.9 Å². The summed E-state index contributed by atoms with van der Waals surface area (Å²) in [5.74, 6) is -1.67. The first kappa shape index (κ1) is 16.7. The molecule has 6 heteroatoms. The fourth-order valence-electron chi connectivity index (χ4n) is 2.86. The quantitative estimate of drug-likeness (QED) is 0.897. The maximum absolute atomic E-state index is 12.3. The summed E-state index contributed by atoms with van der Waals surface area (Å²) in [5, 5.41) is 11.8. The highest BCUT2D eigenvalue weighted by molar-refractivity contribution is 6.10. The average Bonchev–Trinajstić information content (AvgIpc) is 3.16. The molecule has 6 nitrogen and oxygen atoms in total. The molecule has 1 heterocycles. The predicted molar refractivity (Wildman–Crippen MR) is 92.9 cm³/mol. The summed E-state index contributed by atoms with van der Waals surface area (Å²) in [4.78, 5) is 37.6. The van der Waals surface area contributed by atoms with Crippen molar-refractivity contribution in [3.05, 3.63) is 65.2 Å². The van der Waals surface area contributed by atoms with E-state index in [1.807, 2.05) is 4.90 Å². The second-order valence-electron chi connectivity index (χ2n) is 5.88. The molecule has 25 heavy (non-hydrogen) atoms. The minimum absolute atomic E-state index is 0.00778. The number of carbonyl (C=O) groups excluding carboxylic acids is 2. The third-order valence-electron chi connectivity index (χ3n) is 4.19. The van der Waals surface area contributed by atoms with E-state index < -0.39 is 11.9 Å². The first-order valence-electron chi connectivity index (χ1n) is 8.09. The lowest BCUT2D eigenvalue weighted by Gasteiger charge is -2.15. The van der Waals surface area contributed by atoms with Crippen LogP contribution in [0.5, 0.6) is 0 Å². The molecule has 0 saturated carbocycles. The second-order valence-corrected chi connectivity index (χ2v) is 5.88. The van der Waals surface area contributed by atoms with Crippen LogP contribution in [-0.2, 0) is 0 Å². The van der Waals surface area contributed by atoms with E-state index in [4.69, 9.17) is 5.11 Å². The second kappa shape index (κ2) is 7.17. The van der Waals surface area contributed by atoms with Gasteiger partial charge in [0, 0.05) is 24.3 Å². The molecule has 0 atom stereocenters. The van der Waals surface area contributed by atoms with Gasteiger partial charge in [0.05, 0.1) is 11.1 Å². The summed E-state index contributed by atoms with van der Waals surface area (Å²) < 4.78 is 0. The molecule has 1 aliphatic heterocycles. The number of rotatable bonds is 4. The normalized spacial score (nSPS) is 13.5. The molecule has 2 aromatic rings. The molecular formula is C19H18N2O4. The molecule has 3 rings (SSSR count). The maximum Gasteiger partial charge on any atom is 0.336 e. The van der Waals surface area contributed by atoms with Crippen molar-refractivity contribution in [2.75, 3.05) is 18.4 Å². The molecule has 2 aromatic carbocycles. The highest BCUT2D eigenvalue weighted by atomic mass is 16.4. The zero-order valence-corrected chi connectivity index (χ0v) is 13.6. The summed E-state index contributed by atoms with van der Waals surface area (Å²) >= 11 is 0. The largest absolute Gasteiger partial charge is 0.478 e. The molecule has 0 spiro atoms. The molecule has 128 valence electrons. The summed E-state index contributed by atoms with van der Waals surface area (Å²) in [6, 6.07) is 12.6. The van der Waals surface area contributed by atoms with Crippen molar-refractivity contribution in [1.29, 1.82) is 0 Å². The molecule has 1 aliphatic rings. The van der Waals surface area contributed by atoms with Crippen LogP contribution in [0.3, 0.4) is 0 Å². The standard InChI is InChI=1S/C19H18N2O4/c22-17(15-5-1-2-6-16(15)19(24)25)20-14-9-7-13(8-10-14)18(23)21-11-3-4-12-21/h1-2,5-10H,3-4,11-12H2,(H,20,22)(H,24,25). The number of benzene rings is 2. The van der Waals surface area contributed by atoms with Crippen molar-refractivity contribution in [2.24, 2.45) is 0 Å². The van der Waals surface area contributed by atoms with Gasteiger partial charge in [0.25, 0.3) is 11.8 Å². The van der Waals surface area contributed by atoms with E-state index in [9.17, 15) is 14.4 Å². The van der Waals surface area contributed by atoms with Gasteiger partial charge in [-0.1, -0.05) is 12.1 Å². The number of likely N-dealkylation sites (tertiary alicyclic amines) is 1. The molecule has 0 unspecified atom stereocenters. The predicted octanol–water partition coefficient (Wildman–Crippen LogP) is 2.87. The first-order valence-corrected chi connectivity index (χ1v) is 8.09. The Kier molecular flexibility index (Phi) is 4.79. The Morgan fingerprint density at radius 2 is 1.48 bits per heavy atom. The van der Waals surface area contributed by atoms with E-state index in [-0.39, 0.29) is 17.0 Å². The van der Waals surface area contributed by atoms with Crippen molar-refractivity contribution in [3.63, 3.8) is 0 Å². The molecule has 0 radical (unpaired) electrons. The Hall–Kier alpha value is -3.15. The van der Waals surface area contributed by atoms with Gasteiger partial charge < -0.3 is 15.3 Å². The number of aromatic carboxylic acids is 1. The van der Waals surface area contributed by atoms with Crippen LogP contribution in [0.15, 0.2) is 48.5 Å². The minimum atomic E-state index is -1.16. The zero-order chi connectivity index (χ0) is 17.8. The number of amides is 2. The smallest absolute Gasteiger partial charge is 0.336 e. The topological polar surface area (TPSA) is 86.7 Å². The third-order valence-corrected chi connectivity index (χ3v) is 4.19. The number of nitrogens with one attached hydrogen (secondary N) is 1. The fraction of sp³-hybridized carbons (Fsp3) is 0.211. The minimum Gasteiger partial charge on any atom is -0.478 e. The molecule has 1 fully saturated rings. The summed E-state index contributed by atoms with van der Waals surface area (Å²) in [6.07, 6.45) is 2.06. The van der Waals surface area contributed by atoms with Gasteiger partial charge >= 0.3 is 5.97 Å². The van der Waals surface area contributed by atoms with Gasteiger partial charge in [-0.3, -0.25) is 9.59 Å². The van der Waals surface area contributed by atoms with E-state index in [0.717, 1.165) is 25.9 Å². The van der Waals surface area contributed by atoms with Crippen LogP contribution in [0, 0.1) is 0 Å². The Bertz CT molecular complexity index is 808. The van der Waals surface area contributed by atoms with Crippen LogP contribution in [0.1, 0.15) is 43.9 Å². The number of anilines is 1. The molecule has 0 bridgehead atoms. The number of hydrogen-bond acceptors (Lipinski definition) is 3. The van der Waals surface area contributed by atoms with Crippen molar-refractivity contribution >= 4 is 23.5 Å². The average molecular weight is 338 g/mol. The highest BCUT2D eigenvalue weighted by Gasteiger charge is 2.20. The van der Waals surface area contributed by atoms with Gasteiger partial charge in [-0.05, 0) is 49.2 Å². The fourth-order valence-corrected chi connectivity index (χ4v) is 2.86. The number of carbonyl (C=O) groups is 3. The van der Waals surface area contributed by atoms with Gasteiger partial charge in [0.15, 0.2) is 0 Å². The molecular weight excluding hydrogens is 320 g/mol. The van der Waals surface area contributed by atoms with Gasteiger partial charge in [-0.2, -0.15) is 0 Å². The lowest BCUT2D eigenvalue weighted by molar-refractivity contribution is 0.0692. The van der Waals surface area contributed by atoms with Crippen molar-refractivity contribution in [3.8, 4) is 0 Å². The van der Waals surface area contributed by atoms with E-state index >= 15 is 0 Å². The summed E-state index contributed by atoms with van der Waals surface area (Å²) in [6.45, 7) is 1.56. The van der Waals surface area contributed by atoms with Crippen molar-refractivity contribution in [2.45, 2.75) is 12.8 Å². The van der Waals surface area contributed by atoms with Crippen LogP contribution in [0.25, 0.3) is 0 Å². The van der Waals surface area contributed by atoms with Gasteiger partial charge in [-0.25, -0.2) is 4.79 Å². The SMILES string of the molecule is O=C(O)c1ccccc1C(=O)Nc1ccc(C(=O)N2CCCC2)cc1. The number of hydrogen-bond donors (Lipinski definition) is 2. The highest BCUT2D eigenvalue weighted by Crippen LogP contribution is 2.17. The number of nitrogens with zero attached hydrogens (tertiary/aromatic N) is 1. The molecule has 0 aliphatic carbocycles. The van der Waals surface area contributed by atoms with Crippen LogP contribution < -0.4 is 5.32 Å². The number of carboxylic acid groups (broad SMARTS) is 1. The van der Waals surface area contributed by atoms with Gasteiger partial charge in [0.1, 0.15) is 0 Å². The Morgan fingerprint density at radius 1 is 0.880 bits per heavy atom. The van der Waals surface area contributed by atoms with Gasteiger partial charge in [-0.15, -0.1) is 0 Å². The molecule has 0 aromatic heterocycles. The Labute approximate surface area is 145 Å². The Balaban J connectivity index is 1.72. The van der Waals surface area contributed by atoms with E-state index in [1.54, 1.807) is 36.4 Å². The van der Waals surface area contributed by atoms with Crippen LogP contribution in [0.2, 0.25) is 0 Å². The van der Waals surface area contributed by atoms with Gasteiger partial charge in [0.2, 0.25) is 0 Å². The monoisotopic (exact) mass is 338 g/mol. The lowest BCUT2D eigenvalue weighted by atomic mass is 10.1. The maximum atomic E-state index is 12.3. The van der Waals surface area contributed by atoms with E-state index in [2.05, 4.69) is 5.32 Å².